The van der Waals surface area contributed by atoms with Crippen molar-refractivity contribution in [2.24, 2.45) is 0 Å². The number of halogens is 2. The van der Waals surface area contributed by atoms with Crippen molar-refractivity contribution < 1.29 is 14.3 Å². The number of carbonyl (C=O) groups is 1. The van der Waals surface area contributed by atoms with Gasteiger partial charge >= 0.3 is 0 Å². The molecule has 1 amide bonds. The van der Waals surface area contributed by atoms with Crippen LogP contribution in [0.1, 0.15) is 15.9 Å². The molecule has 1 aliphatic rings. The number of nitrogens with one attached hydrogen (secondary N) is 2. The topological polar surface area (TPSA) is 89.8 Å². The van der Waals surface area contributed by atoms with E-state index in [0.717, 1.165) is 22.5 Å². The molecule has 10 heteroatoms. The minimum absolute atomic E-state index is 0.257. The van der Waals surface area contributed by atoms with Crippen LogP contribution in [0.5, 0.6) is 5.75 Å². The summed E-state index contributed by atoms with van der Waals surface area (Å²) in [6.07, 6.45) is 3.60. The van der Waals surface area contributed by atoms with E-state index >= 15 is 0 Å². The van der Waals surface area contributed by atoms with Crippen LogP contribution in [0.2, 0.25) is 10.0 Å². The van der Waals surface area contributed by atoms with Crippen molar-refractivity contribution in [2.45, 2.75) is 6.54 Å². The molecule has 0 aliphatic carbocycles. The molecule has 0 atom stereocenters. The average Bonchev–Trinajstić information content (AvgIpc) is 3.25. The molecule has 3 heterocycles. The van der Waals surface area contributed by atoms with Crippen LogP contribution in [0.4, 0.5) is 5.82 Å². The van der Waals surface area contributed by atoms with Gasteiger partial charge < -0.3 is 20.1 Å². The molecule has 4 bridgehead atoms. The predicted octanol–water partition coefficient (Wildman–Crippen LogP) is 4.45. The second kappa shape index (κ2) is 9.89. The highest BCUT2D eigenvalue weighted by Crippen LogP contribution is 2.30. The van der Waals surface area contributed by atoms with Crippen molar-refractivity contribution in [3.8, 4) is 16.9 Å². The highest BCUT2D eigenvalue weighted by Gasteiger charge is 2.17. The van der Waals surface area contributed by atoms with Gasteiger partial charge in [-0.05, 0) is 41.5 Å². The van der Waals surface area contributed by atoms with Crippen molar-refractivity contribution in [3.05, 3.63) is 76.0 Å². The first kappa shape index (κ1) is 22.5. The second-order valence-corrected chi connectivity index (χ2v) is 8.50. The van der Waals surface area contributed by atoms with E-state index in [2.05, 4.69) is 20.7 Å². The third kappa shape index (κ3) is 4.79. The summed E-state index contributed by atoms with van der Waals surface area (Å²) in [6.45, 7) is 2.06. The second-order valence-electron chi connectivity index (χ2n) is 7.66. The van der Waals surface area contributed by atoms with Gasteiger partial charge in [0, 0.05) is 34.9 Å². The smallest absolute Gasteiger partial charge is 0.255 e. The monoisotopic (exact) mass is 497 g/mol. The molecule has 5 rings (SSSR count). The quantitative estimate of drug-likeness (QED) is 0.434. The van der Waals surface area contributed by atoms with E-state index in [1.54, 1.807) is 35.0 Å². The van der Waals surface area contributed by atoms with Crippen LogP contribution in [0.3, 0.4) is 0 Å². The number of hydrogen-bond acceptors (Lipinski definition) is 6. The molecule has 0 unspecified atom stereocenters. The summed E-state index contributed by atoms with van der Waals surface area (Å²) in [7, 11) is 0. The molecule has 2 aromatic heterocycles. The number of hydrogen-bond donors (Lipinski definition) is 2. The summed E-state index contributed by atoms with van der Waals surface area (Å²) in [5, 5.41) is 11.6. The molecule has 2 aromatic carbocycles. The van der Waals surface area contributed by atoms with Gasteiger partial charge in [0.05, 0.1) is 25.0 Å². The van der Waals surface area contributed by atoms with Gasteiger partial charge in [-0.2, -0.15) is 5.10 Å². The molecule has 2 N–H and O–H groups in total. The van der Waals surface area contributed by atoms with Crippen LogP contribution in [0.15, 0.2) is 54.9 Å². The third-order valence-corrected chi connectivity index (χ3v) is 5.99. The summed E-state index contributed by atoms with van der Waals surface area (Å²) in [5.74, 6) is 0.911. The highest BCUT2D eigenvalue weighted by atomic mass is 35.5. The predicted molar refractivity (Wildman–Crippen MR) is 131 cm³/mol. The maximum atomic E-state index is 13.0. The maximum absolute atomic E-state index is 13.0. The zero-order valence-electron chi connectivity index (χ0n) is 18.1. The number of fused-ring (bicyclic) bond motifs is 4. The van der Waals surface area contributed by atoms with E-state index in [1.165, 1.54) is 0 Å². The lowest BCUT2D eigenvalue weighted by Crippen LogP contribution is -2.24. The van der Waals surface area contributed by atoms with Crippen LogP contribution in [-0.4, -0.2) is 46.9 Å². The van der Waals surface area contributed by atoms with E-state index in [9.17, 15) is 4.79 Å². The largest absolute Gasteiger partial charge is 0.490 e. The normalized spacial score (nSPS) is 13.7. The number of carbonyl (C=O) groups excluding carboxylic acids is 1. The first-order chi connectivity index (χ1) is 16.6. The number of amides is 1. The summed E-state index contributed by atoms with van der Waals surface area (Å²) in [4.78, 5) is 17.7. The van der Waals surface area contributed by atoms with Crippen LogP contribution in [-0.2, 0) is 11.3 Å². The van der Waals surface area contributed by atoms with Crippen molar-refractivity contribution in [2.75, 3.05) is 31.7 Å². The zero-order valence-corrected chi connectivity index (χ0v) is 19.6. The fraction of sp³-hybridized carbons (Fsp3) is 0.208. The first-order valence-electron chi connectivity index (χ1n) is 10.7. The van der Waals surface area contributed by atoms with Crippen LogP contribution in [0.25, 0.3) is 16.8 Å². The van der Waals surface area contributed by atoms with E-state index in [4.69, 9.17) is 32.7 Å². The Hall–Kier alpha value is -3.33. The number of ether oxygens (including phenoxy) is 2. The molecule has 0 spiro atoms. The number of rotatable bonds is 3. The van der Waals surface area contributed by atoms with E-state index in [-0.39, 0.29) is 12.5 Å². The van der Waals surface area contributed by atoms with Gasteiger partial charge in [-0.3, -0.25) is 4.79 Å². The Morgan fingerprint density at radius 3 is 2.91 bits per heavy atom. The lowest BCUT2D eigenvalue weighted by atomic mass is 10.0. The summed E-state index contributed by atoms with van der Waals surface area (Å²) >= 11 is 12.2. The van der Waals surface area contributed by atoms with Crippen LogP contribution in [0, 0.1) is 0 Å². The van der Waals surface area contributed by atoms with Crippen molar-refractivity contribution >= 4 is 40.6 Å². The lowest BCUT2D eigenvalue weighted by molar-refractivity contribution is 0.0932. The maximum Gasteiger partial charge on any atom is 0.255 e. The number of aromatic nitrogens is 3. The highest BCUT2D eigenvalue weighted by molar-refractivity contribution is 6.35. The first-order valence-corrected chi connectivity index (χ1v) is 11.5. The van der Waals surface area contributed by atoms with E-state index in [1.807, 2.05) is 24.4 Å². The van der Waals surface area contributed by atoms with Gasteiger partial charge in [0.1, 0.15) is 18.2 Å². The molecule has 0 radical (unpaired) electrons. The summed E-state index contributed by atoms with van der Waals surface area (Å²) in [5.41, 5.74) is 3.55. The standard InChI is InChI=1S/C24H21Cl2N5O3/c25-17-3-1-16(20(26)12-17)13-28-24(32)18-4-2-15-11-21(18)34-10-9-33-8-6-27-22-5-7-31-23(30-22)19(15)14-29-31/h1-5,7,11-12,14H,6,8-10,13H2,(H,27,30)(H,28,32). The third-order valence-electron chi connectivity index (χ3n) is 5.40. The zero-order chi connectivity index (χ0) is 23.5. The van der Waals surface area contributed by atoms with Gasteiger partial charge in [-0.25, -0.2) is 9.50 Å². The molecule has 0 fully saturated rings. The van der Waals surface area contributed by atoms with Gasteiger partial charge in [-0.1, -0.05) is 35.3 Å². The Labute approximate surface area is 205 Å². The van der Waals surface area contributed by atoms with Crippen molar-refractivity contribution in [1.82, 2.24) is 19.9 Å². The fourth-order valence-corrected chi connectivity index (χ4v) is 4.14. The van der Waals surface area contributed by atoms with Crippen LogP contribution < -0.4 is 15.4 Å². The molecule has 34 heavy (non-hydrogen) atoms. The lowest BCUT2D eigenvalue weighted by Gasteiger charge is -2.15. The Bertz CT molecular complexity index is 1360. The van der Waals surface area contributed by atoms with Crippen molar-refractivity contribution in [3.63, 3.8) is 0 Å². The molecule has 8 nitrogen and oxygen atoms in total. The molecule has 174 valence electrons. The Balaban J connectivity index is 1.46. The summed E-state index contributed by atoms with van der Waals surface area (Å²) in [6, 6.07) is 12.5. The number of benzene rings is 2. The van der Waals surface area contributed by atoms with Gasteiger partial charge in [-0.15, -0.1) is 0 Å². The molecule has 0 saturated carbocycles. The van der Waals surface area contributed by atoms with Gasteiger partial charge in [0.15, 0.2) is 5.65 Å². The SMILES string of the molecule is O=C(NCc1ccc(Cl)cc1Cl)c1ccc2cc1OCCOCCNc1ccn3ncc-2c3n1. The van der Waals surface area contributed by atoms with Crippen molar-refractivity contribution in [1.29, 1.82) is 0 Å². The van der Waals surface area contributed by atoms with E-state index in [0.29, 0.717) is 53.4 Å². The van der Waals surface area contributed by atoms with E-state index < -0.39 is 0 Å². The molecule has 1 aliphatic heterocycles. The molecular weight excluding hydrogens is 477 g/mol. The molecule has 4 aromatic rings. The average molecular weight is 498 g/mol. The molecule has 0 saturated heterocycles. The Morgan fingerprint density at radius 2 is 2.03 bits per heavy atom. The number of nitrogens with zero attached hydrogens (tertiary/aromatic N) is 3. The summed E-state index contributed by atoms with van der Waals surface area (Å²) < 4.78 is 13.3. The van der Waals surface area contributed by atoms with Gasteiger partial charge in [0.2, 0.25) is 0 Å². The Morgan fingerprint density at radius 1 is 1.12 bits per heavy atom. The fourth-order valence-electron chi connectivity index (χ4n) is 3.67. The minimum atomic E-state index is -0.279. The molecular formula is C24H21Cl2N5O3. The Kier molecular flexibility index (Phi) is 6.53. The van der Waals surface area contributed by atoms with Crippen LogP contribution >= 0.6 is 23.2 Å². The minimum Gasteiger partial charge on any atom is -0.490 e. The van der Waals surface area contributed by atoms with Gasteiger partial charge in [0.25, 0.3) is 5.91 Å². The number of anilines is 1.